The fourth-order valence-electron chi connectivity index (χ4n) is 5.50. The number of ether oxygens (including phenoxy) is 2. The maximum absolute atomic E-state index is 5.45. The third-order valence-electron chi connectivity index (χ3n) is 7.08. The lowest BCUT2D eigenvalue weighted by molar-refractivity contribution is 0.0722. The molecule has 1 saturated carbocycles. The van der Waals surface area contributed by atoms with Crippen molar-refractivity contribution in [2.45, 2.75) is 57.5 Å². The zero-order valence-corrected chi connectivity index (χ0v) is 18.8. The van der Waals surface area contributed by atoms with Crippen LogP contribution in [0.15, 0.2) is 42.0 Å². The number of rotatable bonds is 7. The summed E-state index contributed by atoms with van der Waals surface area (Å²) < 4.78 is 10.9. The van der Waals surface area contributed by atoms with Gasteiger partial charge in [0.25, 0.3) is 0 Å². The summed E-state index contributed by atoms with van der Waals surface area (Å²) in [5.41, 5.74) is 2.86. The summed E-state index contributed by atoms with van der Waals surface area (Å²) in [5, 5.41) is 0. The van der Waals surface area contributed by atoms with E-state index < -0.39 is 0 Å². The number of benzene rings is 1. The average Bonchev–Trinajstić information content (AvgIpc) is 2.81. The molecule has 164 valence electrons. The molecule has 0 bridgehead atoms. The Morgan fingerprint density at radius 1 is 0.900 bits per heavy atom. The van der Waals surface area contributed by atoms with Crippen molar-refractivity contribution < 1.29 is 9.47 Å². The number of nitrogens with zero attached hydrogens (tertiary/aromatic N) is 2. The summed E-state index contributed by atoms with van der Waals surface area (Å²) in [7, 11) is 3.44. The predicted molar refractivity (Wildman–Crippen MR) is 123 cm³/mol. The minimum atomic E-state index is 0.626. The maximum Gasteiger partial charge on any atom is 0.122 e. The SMILES string of the molecule is COc1cc(CN2CCN(C(C3=CCCC=C3)C3CCCCC3)CC2)cc(OC)c1. The van der Waals surface area contributed by atoms with E-state index in [-0.39, 0.29) is 0 Å². The van der Waals surface area contributed by atoms with E-state index in [0.717, 1.165) is 50.1 Å². The first-order valence-electron chi connectivity index (χ1n) is 11.8. The van der Waals surface area contributed by atoms with Crippen molar-refractivity contribution in [3.8, 4) is 11.5 Å². The molecule has 2 fully saturated rings. The third kappa shape index (κ3) is 5.28. The highest BCUT2D eigenvalue weighted by atomic mass is 16.5. The maximum atomic E-state index is 5.45. The molecule has 1 aliphatic heterocycles. The summed E-state index contributed by atoms with van der Waals surface area (Å²) in [5.74, 6) is 2.58. The van der Waals surface area contributed by atoms with Crippen LogP contribution < -0.4 is 9.47 Å². The quantitative estimate of drug-likeness (QED) is 0.628. The lowest BCUT2D eigenvalue weighted by Crippen LogP contribution is -2.52. The van der Waals surface area contributed by atoms with Gasteiger partial charge in [-0.15, -0.1) is 0 Å². The molecule has 4 nitrogen and oxygen atoms in total. The van der Waals surface area contributed by atoms with Gasteiger partial charge in [0.2, 0.25) is 0 Å². The highest BCUT2D eigenvalue weighted by Crippen LogP contribution is 2.35. The van der Waals surface area contributed by atoms with Crippen LogP contribution in [0, 0.1) is 5.92 Å². The molecule has 1 aromatic rings. The second kappa shape index (κ2) is 10.5. The van der Waals surface area contributed by atoms with E-state index in [0.29, 0.717) is 6.04 Å². The van der Waals surface area contributed by atoms with Crippen molar-refractivity contribution >= 4 is 0 Å². The average molecular weight is 411 g/mol. The molecule has 0 aromatic heterocycles. The van der Waals surface area contributed by atoms with E-state index in [1.807, 2.05) is 6.07 Å². The summed E-state index contributed by atoms with van der Waals surface area (Å²) in [6, 6.07) is 6.84. The van der Waals surface area contributed by atoms with Gasteiger partial charge in [-0.25, -0.2) is 0 Å². The molecule has 4 heteroatoms. The van der Waals surface area contributed by atoms with Crippen LogP contribution in [0.4, 0.5) is 0 Å². The Bertz CT molecular complexity index is 721. The van der Waals surface area contributed by atoms with Crippen LogP contribution in [-0.2, 0) is 6.54 Å². The Morgan fingerprint density at radius 2 is 1.60 bits per heavy atom. The smallest absolute Gasteiger partial charge is 0.122 e. The van der Waals surface area contributed by atoms with Gasteiger partial charge in [-0.2, -0.15) is 0 Å². The van der Waals surface area contributed by atoms with Gasteiger partial charge in [-0.1, -0.05) is 37.5 Å². The topological polar surface area (TPSA) is 24.9 Å². The van der Waals surface area contributed by atoms with Gasteiger partial charge in [-0.3, -0.25) is 9.80 Å². The first-order chi connectivity index (χ1) is 14.8. The number of piperazine rings is 1. The van der Waals surface area contributed by atoms with E-state index >= 15 is 0 Å². The zero-order chi connectivity index (χ0) is 20.8. The molecule has 0 radical (unpaired) electrons. The van der Waals surface area contributed by atoms with Crippen LogP contribution in [0.25, 0.3) is 0 Å². The minimum Gasteiger partial charge on any atom is -0.497 e. The van der Waals surface area contributed by atoms with Crippen LogP contribution in [-0.4, -0.2) is 56.2 Å². The standard InChI is InChI=1S/C26H38N2O2/c1-29-24-17-21(18-25(19-24)30-2)20-27-13-15-28(16-14-27)26(22-9-5-3-6-10-22)23-11-7-4-8-12-23/h5,9-10,17-19,23,26H,3-4,6-8,11-16,20H2,1-2H3. The largest absolute Gasteiger partial charge is 0.497 e. The third-order valence-corrected chi connectivity index (χ3v) is 7.08. The lowest BCUT2D eigenvalue weighted by Gasteiger charge is -2.44. The number of methoxy groups -OCH3 is 2. The van der Waals surface area contributed by atoms with Crippen LogP contribution >= 0.6 is 0 Å². The Kier molecular flexibility index (Phi) is 7.51. The monoisotopic (exact) mass is 410 g/mol. The Balaban J connectivity index is 1.40. The van der Waals surface area contributed by atoms with Gasteiger partial charge in [0.15, 0.2) is 0 Å². The van der Waals surface area contributed by atoms with Crippen molar-refractivity contribution in [1.82, 2.24) is 9.80 Å². The predicted octanol–water partition coefficient (Wildman–Crippen LogP) is 5.05. The summed E-state index contributed by atoms with van der Waals surface area (Å²) in [6.07, 6.45) is 16.8. The fourth-order valence-corrected chi connectivity index (χ4v) is 5.50. The van der Waals surface area contributed by atoms with Gasteiger partial charge in [0, 0.05) is 44.8 Å². The lowest BCUT2D eigenvalue weighted by atomic mass is 9.79. The van der Waals surface area contributed by atoms with Gasteiger partial charge in [0.05, 0.1) is 14.2 Å². The Labute approximate surface area is 182 Å². The molecular weight excluding hydrogens is 372 g/mol. The molecular formula is C26H38N2O2. The molecule has 1 saturated heterocycles. The van der Waals surface area contributed by atoms with Gasteiger partial charge in [-0.05, 0) is 54.9 Å². The Morgan fingerprint density at radius 3 is 2.20 bits per heavy atom. The minimum absolute atomic E-state index is 0.626. The molecule has 1 atom stereocenters. The first-order valence-corrected chi connectivity index (χ1v) is 11.8. The molecule has 2 aliphatic carbocycles. The first kappa shape index (κ1) is 21.5. The molecule has 0 N–H and O–H groups in total. The normalized spacial score (nSPS) is 22.5. The van der Waals surface area contributed by atoms with E-state index in [2.05, 4.69) is 40.2 Å². The van der Waals surface area contributed by atoms with Gasteiger partial charge >= 0.3 is 0 Å². The van der Waals surface area contributed by atoms with Crippen molar-refractivity contribution in [3.63, 3.8) is 0 Å². The van der Waals surface area contributed by atoms with Crippen LogP contribution in [0.3, 0.4) is 0 Å². The van der Waals surface area contributed by atoms with Crippen LogP contribution in [0.2, 0.25) is 0 Å². The van der Waals surface area contributed by atoms with E-state index in [1.165, 1.54) is 50.5 Å². The molecule has 0 spiro atoms. The fraction of sp³-hybridized carbons (Fsp3) is 0.615. The summed E-state index contributed by atoms with van der Waals surface area (Å²) in [6.45, 7) is 5.53. The highest BCUT2D eigenvalue weighted by Gasteiger charge is 2.33. The van der Waals surface area contributed by atoms with E-state index in [4.69, 9.17) is 9.47 Å². The molecule has 4 rings (SSSR count). The van der Waals surface area contributed by atoms with Crippen molar-refractivity contribution in [3.05, 3.63) is 47.6 Å². The summed E-state index contributed by atoms with van der Waals surface area (Å²) >= 11 is 0. The van der Waals surface area contributed by atoms with Crippen molar-refractivity contribution in [2.24, 2.45) is 5.92 Å². The number of hydrogen-bond acceptors (Lipinski definition) is 4. The molecule has 0 amide bonds. The highest BCUT2D eigenvalue weighted by molar-refractivity contribution is 5.38. The Hall–Kier alpha value is -1.78. The molecule has 3 aliphatic rings. The van der Waals surface area contributed by atoms with Crippen LogP contribution in [0.1, 0.15) is 50.5 Å². The zero-order valence-electron chi connectivity index (χ0n) is 18.8. The molecule has 1 unspecified atom stereocenters. The van der Waals surface area contributed by atoms with Gasteiger partial charge < -0.3 is 9.47 Å². The van der Waals surface area contributed by atoms with Gasteiger partial charge in [0.1, 0.15) is 11.5 Å². The second-order valence-corrected chi connectivity index (χ2v) is 9.06. The van der Waals surface area contributed by atoms with Crippen molar-refractivity contribution in [2.75, 3.05) is 40.4 Å². The van der Waals surface area contributed by atoms with E-state index in [1.54, 1.807) is 19.8 Å². The number of hydrogen-bond donors (Lipinski definition) is 0. The van der Waals surface area contributed by atoms with E-state index in [9.17, 15) is 0 Å². The molecule has 1 heterocycles. The van der Waals surface area contributed by atoms with Crippen LogP contribution in [0.5, 0.6) is 11.5 Å². The molecule has 30 heavy (non-hydrogen) atoms. The summed E-state index contributed by atoms with van der Waals surface area (Å²) in [4.78, 5) is 5.37. The molecule has 1 aromatic carbocycles. The van der Waals surface area contributed by atoms with Crippen molar-refractivity contribution in [1.29, 1.82) is 0 Å². The second-order valence-electron chi connectivity index (χ2n) is 9.06. The number of allylic oxidation sites excluding steroid dienone is 2.